The topological polar surface area (TPSA) is 20.3 Å². The van der Waals surface area contributed by atoms with Gasteiger partial charge in [-0.25, -0.2) is 0 Å². The summed E-state index contributed by atoms with van der Waals surface area (Å²) in [6.45, 7) is 0. The van der Waals surface area contributed by atoms with Gasteiger partial charge in [0, 0.05) is 29.3 Å². The van der Waals surface area contributed by atoms with Crippen LogP contribution in [0.1, 0.15) is 17.2 Å². The molecule has 0 N–H and O–H groups in total. The highest BCUT2D eigenvalue weighted by Gasteiger charge is 2.29. The molecule has 1 heterocycles. The third-order valence-electron chi connectivity index (χ3n) is 3.40. The minimum absolute atomic E-state index is 0.187. The lowest BCUT2D eigenvalue weighted by Crippen LogP contribution is -2.32. The van der Waals surface area contributed by atoms with Crippen LogP contribution in [0.4, 0.5) is 5.69 Å². The lowest BCUT2D eigenvalue weighted by molar-refractivity contribution is -0.118. The van der Waals surface area contributed by atoms with E-state index in [2.05, 4.69) is 18.2 Å². The lowest BCUT2D eigenvalue weighted by Gasteiger charge is -2.31. The molecule has 96 valence electrons. The van der Waals surface area contributed by atoms with Gasteiger partial charge < -0.3 is 4.90 Å². The van der Waals surface area contributed by atoms with E-state index < -0.39 is 0 Å². The molecular weight excluding hydrogens is 254 g/mol. The fourth-order valence-electron chi connectivity index (χ4n) is 2.37. The standard InChI is InChI=1S/C16H15NOS/c1-17-14-10-6-5-9-13(14)15(11-16(17)18)19-12-7-3-2-4-8-12/h2-10,15H,11H2,1H3/t15-/m1/s1. The maximum absolute atomic E-state index is 12.1. The first-order chi connectivity index (χ1) is 9.25. The first-order valence-corrected chi connectivity index (χ1v) is 7.21. The zero-order valence-electron chi connectivity index (χ0n) is 10.7. The number of carbonyl (C=O) groups is 1. The Morgan fingerprint density at radius 3 is 2.53 bits per heavy atom. The Morgan fingerprint density at radius 1 is 1.05 bits per heavy atom. The molecule has 1 aliphatic rings. The number of rotatable bonds is 2. The molecule has 3 rings (SSSR count). The first-order valence-electron chi connectivity index (χ1n) is 6.33. The molecule has 1 amide bonds. The zero-order valence-corrected chi connectivity index (χ0v) is 11.6. The Bertz CT molecular complexity index is 597. The van der Waals surface area contributed by atoms with Crippen molar-refractivity contribution in [1.29, 1.82) is 0 Å². The van der Waals surface area contributed by atoms with Gasteiger partial charge in [0.15, 0.2) is 0 Å². The predicted octanol–water partition coefficient (Wildman–Crippen LogP) is 3.89. The van der Waals surface area contributed by atoms with E-state index in [1.54, 1.807) is 16.7 Å². The van der Waals surface area contributed by atoms with Crippen LogP contribution < -0.4 is 4.90 Å². The fraction of sp³-hybridized carbons (Fsp3) is 0.188. The van der Waals surface area contributed by atoms with Crippen molar-refractivity contribution in [3.63, 3.8) is 0 Å². The van der Waals surface area contributed by atoms with Gasteiger partial charge in [-0.1, -0.05) is 36.4 Å². The zero-order chi connectivity index (χ0) is 13.2. The Kier molecular flexibility index (Phi) is 3.30. The van der Waals surface area contributed by atoms with E-state index in [0.29, 0.717) is 6.42 Å². The molecule has 1 atom stereocenters. The lowest BCUT2D eigenvalue weighted by atomic mass is 10.0. The maximum Gasteiger partial charge on any atom is 0.228 e. The highest BCUT2D eigenvalue weighted by molar-refractivity contribution is 7.99. The maximum atomic E-state index is 12.1. The van der Waals surface area contributed by atoms with E-state index in [9.17, 15) is 4.79 Å². The number of amides is 1. The Morgan fingerprint density at radius 2 is 1.74 bits per heavy atom. The summed E-state index contributed by atoms with van der Waals surface area (Å²) in [5.41, 5.74) is 2.28. The molecule has 0 spiro atoms. The number of fused-ring (bicyclic) bond motifs is 1. The summed E-state index contributed by atoms with van der Waals surface area (Å²) in [6.07, 6.45) is 0.563. The molecule has 0 unspecified atom stereocenters. The van der Waals surface area contributed by atoms with Gasteiger partial charge >= 0.3 is 0 Å². The van der Waals surface area contributed by atoms with Crippen molar-refractivity contribution in [1.82, 2.24) is 0 Å². The summed E-state index contributed by atoms with van der Waals surface area (Å²) >= 11 is 1.77. The Labute approximate surface area is 117 Å². The smallest absolute Gasteiger partial charge is 0.228 e. The van der Waals surface area contributed by atoms with E-state index in [-0.39, 0.29) is 11.2 Å². The summed E-state index contributed by atoms with van der Waals surface area (Å²) < 4.78 is 0. The largest absolute Gasteiger partial charge is 0.315 e. The summed E-state index contributed by atoms with van der Waals surface area (Å²) in [6, 6.07) is 18.4. The molecule has 0 bridgehead atoms. The highest BCUT2D eigenvalue weighted by Crippen LogP contribution is 2.44. The van der Waals surface area contributed by atoms with Crippen LogP contribution in [0.3, 0.4) is 0 Å². The summed E-state index contributed by atoms with van der Waals surface area (Å²) in [5.74, 6) is 0.187. The van der Waals surface area contributed by atoms with Crippen molar-refractivity contribution < 1.29 is 4.79 Å². The van der Waals surface area contributed by atoms with Crippen LogP contribution in [0.15, 0.2) is 59.5 Å². The minimum atomic E-state index is 0.187. The number of nitrogens with zero attached hydrogens (tertiary/aromatic N) is 1. The van der Waals surface area contributed by atoms with E-state index in [4.69, 9.17) is 0 Å². The van der Waals surface area contributed by atoms with Crippen molar-refractivity contribution in [2.24, 2.45) is 0 Å². The van der Waals surface area contributed by atoms with Gasteiger partial charge in [-0.2, -0.15) is 0 Å². The van der Waals surface area contributed by atoms with E-state index >= 15 is 0 Å². The van der Waals surface area contributed by atoms with Crippen molar-refractivity contribution in [2.45, 2.75) is 16.6 Å². The van der Waals surface area contributed by atoms with Gasteiger partial charge in [-0.3, -0.25) is 4.79 Å². The normalized spacial score (nSPS) is 18.3. The molecule has 0 aromatic heterocycles. The van der Waals surface area contributed by atoms with Crippen LogP contribution in [-0.4, -0.2) is 13.0 Å². The fourth-order valence-corrected chi connectivity index (χ4v) is 3.57. The molecule has 0 aliphatic carbocycles. The minimum Gasteiger partial charge on any atom is -0.315 e. The number of hydrogen-bond acceptors (Lipinski definition) is 2. The van der Waals surface area contributed by atoms with Gasteiger partial charge in [-0.05, 0) is 23.8 Å². The molecule has 2 aromatic carbocycles. The number of hydrogen-bond donors (Lipinski definition) is 0. The van der Waals surface area contributed by atoms with E-state index in [1.165, 1.54) is 10.5 Å². The number of anilines is 1. The van der Waals surface area contributed by atoms with Gasteiger partial charge in [0.25, 0.3) is 0 Å². The second-order valence-electron chi connectivity index (χ2n) is 4.64. The van der Waals surface area contributed by atoms with Crippen molar-refractivity contribution in [2.75, 3.05) is 11.9 Å². The first kappa shape index (κ1) is 12.3. The molecule has 19 heavy (non-hydrogen) atoms. The van der Waals surface area contributed by atoms with Gasteiger partial charge in [-0.15, -0.1) is 11.8 Å². The molecule has 0 fully saturated rings. The highest BCUT2D eigenvalue weighted by atomic mass is 32.2. The second-order valence-corrected chi connectivity index (χ2v) is 5.91. The van der Waals surface area contributed by atoms with Crippen LogP contribution >= 0.6 is 11.8 Å². The molecule has 1 aliphatic heterocycles. The molecular formula is C16H15NOS. The monoisotopic (exact) mass is 269 g/mol. The van der Waals surface area contributed by atoms with Crippen LogP contribution in [0.5, 0.6) is 0 Å². The average molecular weight is 269 g/mol. The Balaban J connectivity index is 1.95. The molecule has 0 saturated heterocycles. The van der Waals surface area contributed by atoms with Gasteiger partial charge in [0.2, 0.25) is 5.91 Å². The quantitative estimate of drug-likeness (QED) is 0.824. The van der Waals surface area contributed by atoms with Crippen LogP contribution in [0.2, 0.25) is 0 Å². The molecule has 0 radical (unpaired) electrons. The predicted molar refractivity (Wildman–Crippen MR) is 79.5 cm³/mol. The summed E-state index contributed by atoms with van der Waals surface area (Å²) in [7, 11) is 1.85. The third-order valence-corrected chi connectivity index (χ3v) is 4.65. The third kappa shape index (κ3) is 2.38. The van der Waals surface area contributed by atoms with Crippen molar-refractivity contribution in [3.8, 4) is 0 Å². The number of thioether (sulfide) groups is 1. The Hall–Kier alpha value is -1.74. The summed E-state index contributed by atoms with van der Waals surface area (Å²) in [5, 5.41) is 0.210. The molecule has 2 nitrogen and oxygen atoms in total. The molecule has 3 heteroatoms. The van der Waals surface area contributed by atoms with E-state index in [1.807, 2.05) is 43.4 Å². The van der Waals surface area contributed by atoms with E-state index in [0.717, 1.165) is 5.69 Å². The summed E-state index contributed by atoms with van der Waals surface area (Å²) in [4.78, 5) is 15.0. The van der Waals surface area contributed by atoms with Crippen LogP contribution in [-0.2, 0) is 4.79 Å². The van der Waals surface area contributed by atoms with Crippen LogP contribution in [0.25, 0.3) is 0 Å². The number of benzene rings is 2. The van der Waals surface area contributed by atoms with Gasteiger partial charge in [0.1, 0.15) is 0 Å². The second kappa shape index (κ2) is 5.10. The number of para-hydroxylation sites is 1. The number of carbonyl (C=O) groups excluding carboxylic acids is 1. The van der Waals surface area contributed by atoms with Crippen molar-refractivity contribution >= 4 is 23.4 Å². The average Bonchev–Trinajstić information content (AvgIpc) is 2.46. The van der Waals surface area contributed by atoms with Crippen LogP contribution in [0, 0.1) is 0 Å². The van der Waals surface area contributed by atoms with Crippen molar-refractivity contribution in [3.05, 3.63) is 60.2 Å². The molecule has 2 aromatic rings. The SMILES string of the molecule is CN1C(=O)C[C@@H](Sc2ccccc2)c2ccccc21. The van der Waals surface area contributed by atoms with Gasteiger partial charge in [0.05, 0.1) is 0 Å². The molecule has 0 saturated carbocycles.